The summed E-state index contributed by atoms with van der Waals surface area (Å²) in [4.78, 5) is 0. The molecule has 0 spiro atoms. The summed E-state index contributed by atoms with van der Waals surface area (Å²) in [5.41, 5.74) is 1.72. The first-order valence-corrected chi connectivity index (χ1v) is 7.23. The molecular formula is C14H17NO3S. The molecule has 19 heavy (non-hydrogen) atoms. The molecule has 3 rings (SSSR count). The Morgan fingerprint density at radius 2 is 2.37 bits per heavy atom. The number of hydrogen-bond donors (Lipinski definition) is 1. The van der Waals surface area contributed by atoms with Crippen molar-refractivity contribution in [3.8, 4) is 5.75 Å². The predicted molar refractivity (Wildman–Crippen MR) is 76.0 cm³/mol. The summed E-state index contributed by atoms with van der Waals surface area (Å²) in [5, 5.41) is 5.10. The number of rotatable bonds is 5. The van der Waals surface area contributed by atoms with Gasteiger partial charge in [-0.2, -0.15) is 12.6 Å². The molecule has 0 radical (unpaired) electrons. The van der Waals surface area contributed by atoms with Gasteiger partial charge in [-0.05, 0) is 30.7 Å². The van der Waals surface area contributed by atoms with Gasteiger partial charge in [0.05, 0.1) is 11.8 Å². The van der Waals surface area contributed by atoms with E-state index in [4.69, 9.17) is 14.0 Å². The summed E-state index contributed by atoms with van der Waals surface area (Å²) in [6.07, 6.45) is 3.25. The second kappa shape index (κ2) is 5.84. The van der Waals surface area contributed by atoms with Crippen LogP contribution in [-0.4, -0.2) is 30.2 Å². The summed E-state index contributed by atoms with van der Waals surface area (Å²) in [6.45, 7) is 1.45. The van der Waals surface area contributed by atoms with Crippen LogP contribution in [0.5, 0.6) is 5.75 Å². The van der Waals surface area contributed by atoms with Crippen LogP contribution in [0.1, 0.15) is 18.5 Å². The molecule has 0 bridgehead atoms. The lowest BCUT2D eigenvalue weighted by Gasteiger charge is -2.11. The highest BCUT2D eigenvalue weighted by Crippen LogP contribution is 2.25. The highest BCUT2D eigenvalue weighted by atomic mass is 32.1. The van der Waals surface area contributed by atoms with Crippen molar-refractivity contribution in [1.82, 2.24) is 5.16 Å². The van der Waals surface area contributed by atoms with Gasteiger partial charge in [0, 0.05) is 24.5 Å². The van der Waals surface area contributed by atoms with E-state index in [1.54, 1.807) is 0 Å². The number of aromatic nitrogens is 1. The second-order valence-corrected chi connectivity index (χ2v) is 5.15. The molecule has 2 aromatic rings. The third-order valence-electron chi connectivity index (χ3n) is 3.33. The van der Waals surface area contributed by atoms with Gasteiger partial charge in [-0.3, -0.25) is 0 Å². The van der Waals surface area contributed by atoms with Gasteiger partial charge in [-0.1, -0.05) is 5.16 Å². The lowest BCUT2D eigenvalue weighted by atomic mass is 10.2. The maximum absolute atomic E-state index is 5.74. The molecule has 0 aliphatic carbocycles. The third kappa shape index (κ3) is 2.87. The molecule has 0 N–H and O–H groups in total. The summed E-state index contributed by atoms with van der Waals surface area (Å²) in [5.74, 6) is 1.57. The van der Waals surface area contributed by atoms with Gasteiger partial charge in [-0.15, -0.1) is 0 Å². The smallest absolute Gasteiger partial charge is 0.170 e. The molecule has 1 aromatic carbocycles. The Balaban J connectivity index is 1.70. The van der Waals surface area contributed by atoms with E-state index in [0.29, 0.717) is 6.61 Å². The number of thiol groups is 1. The largest absolute Gasteiger partial charge is 0.491 e. The zero-order valence-corrected chi connectivity index (χ0v) is 11.6. The Bertz CT molecular complexity index is 549. The van der Waals surface area contributed by atoms with E-state index >= 15 is 0 Å². The number of aryl methyl sites for hydroxylation is 1. The van der Waals surface area contributed by atoms with Crippen LogP contribution in [0.2, 0.25) is 0 Å². The van der Waals surface area contributed by atoms with E-state index in [2.05, 4.69) is 17.8 Å². The van der Waals surface area contributed by atoms with Crippen LogP contribution in [0.4, 0.5) is 0 Å². The minimum atomic E-state index is 0.227. The Morgan fingerprint density at radius 3 is 3.16 bits per heavy atom. The molecule has 1 unspecified atom stereocenters. The minimum absolute atomic E-state index is 0.227. The Labute approximate surface area is 117 Å². The van der Waals surface area contributed by atoms with Gasteiger partial charge in [0.2, 0.25) is 0 Å². The van der Waals surface area contributed by atoms with Crippen LogP contribution >= 0.6 is 12.6 Å². The van der Waals surface area contributed by atoms with Crippen molar-refractivity contribution < 1.29 is 14.0 Å². The number of nitrogens with zero attached hydrogens (tertiary/aromatic N) is 1. The molecule has 1 aliphatic rings. The van der Waals surface area contributed by atoms with Crippen molar-refractivity contribution >= 4 is 23.6 Å². The average Bonchev–Trinajstić information content (AvgIpc) is 3.06. The lowest BCUT2D eigenvalue weighted by Crippen LogP contribution is -2.16. The number of ether oxygens (including phenoxy) is 2. The van der Waals surface area contributed by atoms with Crippen molar-refractivity contribution in [2.75, 3.05) is 19.0 Å². The average molecular weight is 279 g/mol. The number of fused-ring (bicyclic) bond motifs is 1. The Hall–Kier alpha value is -1.20. The molecule has 1 saturated heterocycles. The van der Waals surface area contributed by atoms with Crippen LogP contribution < -0.4 is 4.74 Å². The molecule has 1 fully saturated rings. The molecule has 0 amide bonds. The SMILES string of the molecule is SCCc1noc2cc(OCC3CCCO3)ccc12. The number of hydrogen-bond acceptors (Lipinski definition) is 5. The zero-order valence-electron chi connectivity index (χ0n) is 10.7. The van der Waals surface area contributed by atoms with Gasteiger partial charge >= 0.3 is 0 Å². The molecule has 2 heterocycles. The number of benzene rings is 1. The lowest BCUT2D eigenvalue weighted by molar-refractivity contribution is 0.0680. The van der Waals surface area contributed by atoms with E-state index in [9.17, 15) is 0 Å². The summed E-state index contributed by atoms with van der Waals surface area (Å²) < 4.78 is 16.6. The van der Waals surface area contributed by atoms with Crippen LogP contribution in [0.25, 0.3) is 11.0 Å². The minimum Gasteiger partial charge on any atom is -0.491 e. The van der Waals surface area contributed by atoms with E-state index in [1.165, 1.54) is 0 Å². The van der Waals surface area contributed by atoms with Crippen molar-refractivity contribution in [1.29, 1.82) is 0 Å². The molecule has 5 heteroatoms. The normalized spacial score (nSPS) is 19.1. The highest BCUT2D eigenvalue weighted by Gasteiger charge is 2.16. The monoisotopic (exact) mass is 279 g/mol. The Kier molecular flexibility index (Phi) is 3.94. The molecule has 0 saturated carbocycles. The van der Waals surface area contributed by atoms with Crippen molar-refractivity contribution in [2.24, 2.45) is 0 Å². The summed E-state index contributed by atoms with van der Waals surface area (Å²) >= 11 is 4.22. The summed E-state index contributed by atoms with van der Waals surface area (Å²) in [6, 6.07) is 5.84. The van der Waals surface area contributed by atoms with Crippen LogP contribution in [0, 0.1) is 0 Å². The highest BCUT2D eigenvalue weighted by molar-refractivity contribution is 7.80. The van der Waals surface area contributed by atoms with Crippen molar-refractivity contribution in [3.63, 3.8) is 0 Å². The first-order chi connectivity index (χ1) is 9.36. The molecule has 1 atom stereocenters. The maximum atomic E-state index is 5.74. The van der Waals surface area contributed by atoms with Gasteiger partial charge in [0.1, 0.15) is 12.4 Å². The quantitative estimate of drug-likeness (QED) is 0.855. The van der Waals surface area contributed by atoms with E-state index < -0.39 is 0 Å². The molecule has 102 valence electrons. The van der Waals surface area contributed by atoms with E-state index in [-0.39, 0.29) is 6.10 Å². The van der Waals surface area contributed by atoms with Gasteiger partial charge in [0.25, 0.3) is 0 Å². The first-order valence-electron chi connectivity index (χ1n) is 6.60. The van der Waals surface area contributed by atoms with Gasteiger partial charge < -0.3 is 14.0 Å². The van der Waals surface area contributed by atoms with Crippen molar-refractivity contribution in [3.05, 3.63) is 23.9 Å². The third-order valence-corrected chi connectivity index (χ3v) is 3.55. The standard InChI is InChI=1S/C14H17NO3S/c19-7-5-13-12-4-3-10(8-14(12)18-15-13)17-9-11-2-1-6-16-11/h3-4,8,11,19H,1-2,5-7,9H2. The van der Waals surface area contributed by atoms with E-state index in [1.807, 2.05) is 18.2 Å². The van der Waals surface area contributed by atoms with Gasteiger partial charge in [0.15, 0.2) is 5.58 Å². The Morgan fingerprint density at radius 1 is 1.42 bits per heavy atom. The van der Waals surface area contributed by atoms with Crippen molar-refractivity contribution in [2.45, 2.75) is 25.4 Å². The maximum Gasteiger partial charge on any atom is 0.170 e. The fourth-order valence-corrected chi connectivity index (χ4v) is 2.52. The van der Waals surface area contributed by atoms with Crippen LogP contribution in [0.3, 0.4) is 0 Å². The molecular weight excluding hydrogens is 262 g/mol. The fourth-order valence-electron chi connectivity index (χ4n) is 2.31. The summed E-state index contributed by atoms with van der Waals surface area (Å²) in [7, 11) is 0. The molecule has 1 aromatic heterocycles. The van der Waals surface area contributed by atoms with Crippen LogP contribution in [-0.2, 0) is 11.2 Å². The molecule has 4 nitrogen and oxygen atoms in total. The second-order valence-electron chi connectivity index (χ2n) is 4.71. The van der Waals surface area contributed by atoms with Crippen LogP contribution in [0.15, 0.2) is 22.7 Å². The van der Waals surface area contributed by atoms with Gasteiger partial charge in [-0.25, -0.2) is 0 Å². The fraction of sp³-hybridized carbons (Fsp3) is 0.500. The topological polar surface area (TPSA) is 44.5 Å². The predicted octanol–water partition coefficient (Wildman–Crippen LogP) is 2.86. The first kappa shape index (κ1) is 12.8. The zero-order chi connectivity index (χ0) is 13.1. The van der Waals surface area contributed by atoms with E-state index in [0.717, 1.165) is 54.0 Å². The molecule has 1 aliphatic heterocycles.